The molecule has 1 aliphatic rings. The van der Waals surface area contributed by atoms with E-state index in [0.29, 0.717) is 6.04 Å². The maximum atomic E-state index is 12.1. The van der Waals surface area contributed by atoms with Crippen molar-refractivity contribution in [3.8, 4) is 0 Å². The minimum atomic E-state index is 0.0293. The van der Waals surface area contributed by atoms with Gasteiger partial charge in [0.05, 0.1) is 0 Å². The van der Waals surface area contributed by atoms with Crippen LogP contribution in [0, 0.1) is 6.92 Å². The fraction of sp³-hybridized carbons (Fsp3) is 0.417. The van der Waals surface area contributed by atoms with Gasteiger partial charge in [0.25, 0.3) is 5.91 Å². The summed E-state index contributed by atoms with van der Waals surface area (Å²) in [5.74, 6) is 0.855. The molecule has 0 bridgehead atoms. The summed E-state index contributed by atoms with van der Waals surface area (Å²) in [7, 11) is 5.35. The summed E-state index contributed by atoms with van der Waals surface area (Å²) in [6, 6.07) is 16.9. The first-order valence-electron chi connectivity index (χ1n) is 10.6. The number of nitrogens with one attached hydrogen (secondary N) is 2. The molecule has 1 amide bonds. The summed E-state index contributed by atoms with van der Waals surface area (Å²) in [6.45, 7) is 4.89. The smallest absolute Gasteiger partial charge is 0.253 e. The zero-order valence-corrected chi connectivity index (χ0v) is 18.5. The molecule has 0 saturated carbocycles. The molecule has 0 aliphatic carbocycles. The third kappa shape index (κ3) is 5.75. The summed E-state index contributed by atoms with van der Waals surface area (Å²) in [5, 5.41) is 6.95. The molecule has 0 spiro atoms. The van der Waals surface area contributed by atoms with Gasteiger partial charge in [-0.2, -0.15) is 0 Å². The average Bonchev–Trinajstić information content (AvgIpc) is 3.21. The quantitative estimate of drug-likeness (QED) is 0.571. The lowest BCUT2D eigenvalue weighted by atomic mass is 10.1. The summed E-state index contributed by atoms with van der Waals surface area (Å²) >= 11 is 0. The number of rotatable bonds is 6. The van der Waals surface area contributed by atoms with Crippen molar-refractivity contribution < 1.29 is 4.79 Å². The maximum Gasteiger partial charge on any atom is 0.253 e. The number of carbonyl (C=O) groups excluding carboxylic acids is 1. The number of hydrogen-bond donors (Lipinski definition) is 2. The summed E-state index contributed by atoms with van der Waals surface area (Å²) in [4.78, 5) is 20.5. The Morgan fingerprint density at radius 2 is 1.97 bits per heavy atom. The molecule has 160 valence electrons. The predicted molar refractivity (Wildman–Crippen MR) is 124 cm³/mol. The molecule has 3 rings (SSSR count). The molecule has 1 aliphatic heterocycles. The zero-order chi connectivity index (χ0) is 21.5. The molecule has 2 aromatic carbocycles. The van der Waals surface area contributed by atoms with Gasteiger partial charge in [-0.1, -0.05) is 29.8 Å². The van der Waals surface area contributed by atoms with E-state index in [2.05, 4.69) is 57.8 Å². The molecule has 30 heavy (non-hydrogen) atoms. The van der Waals surface area contributed by atoms with Crippen molar-refractivity contribution >= 4 is 17.6 Å². The molecule has 1 atom stereocenters. The monoisotopic (exact) mass is 407 g/mol. The average molecular weight is 408 g/mol. The van der Waals surface area contributed by atoms with Crippen LogP contribution in [0.25, 0.3) is 0 Å². The highest BCUT2D eigenvalue weighted by atomic mass is 16.2. The molecule has 6 nitrogen and oxygen atoms in total. The van der Waals surface area contributed by atoms with Gasteiger partial charge in [0.1, 0.15) is 0 Å². The predicted octanol–water partition coefficient (Wildman–Crippen LogP) is 2.68. The van der Waals surface area contributed by atoms with E-state index in [1.54, 1.807) is 26.0 Å². The Balaban J connectivity index is 1.47. The van der Waals surface area contributed by atoms with E-state index in [0.717, 1.165) is 49.6 Å². The first-order valence-corrected chi connectivity index (χ1v) is 10.6. The number of aryl methyl sites for hydroxylation is 1. The highest BCUT2D eigenvalue weighted by Crippen LogP contribution is 2.20. The molecule has 1 heterocycles. The zero-order valence-electron chi connectivity index (χ0n) is 18.5. The van der Waals surface area contributed by atoms with Gasteiger partial charge in [-0.25, -0.2) is 0 Å². The lowest BCUT2D eigenvalue weighted by molar-refractivity contribution is 0.0827. The van der Waals surface area contributed by atoms with E-state index < -0.39 is 0 Å². The van der Waals surface area contributed by atoms with Crippen LogP contribution in [0.2, 0.25) is 0 Å². The molecule has 6 heteroatoms. The van der Waals surface area contributed by atoms with Crippen molar-refractivity contribution in [3.05, 3.63) is 65.2 Å². The van der Waals surface area contributed by atoms with Gasteiger partial charge in [-0.3, -0.25) is 9.79 Å². The number of aliphatic imine (C=N–C) groups is 1. The summed E-state index contributed by atoms with van der Waals surface area (Å²) in [5.41, 5.74) is 4.42. The number of hydrogen-bond acceptors (Lipinski definition) is 3. The van der Waals surface area contributed by atoms with Crippen LogP contribution >= 0.6 is 0 Å². The summed E-state index contributed by atoms with van der Waals surface area (Å²) < 4.78 is 0. The van der Waals surface area contributed by atoms with Crippen molar-refractivity contribution in [2.45, 2.75) is 25.8 Å². The number of amides is 1. The topological polar surface area (TPSA) is 60.0 Å². The number of guanidine groups is 1. The maximum absolute atomic E-state index is 12.1. The molecule has 1 saturated heterocycles. The molecule has 2 N–H and O–H groups in total. The first-order chi connectivity index (χ1) is 14.5. The van der Waals surface area contributed by atoms with Crippen LogP contribution < -0.4 is 15.5 Å². The van der Waals surface area contributed by atoms with Gasteiger partial charge in [0, 0.05) is 58.1 Å². The van der Waals surface area contributed by atoms with E-state index in [1.807, 2.05) is 18.2 Å². The lowest BCUT2D eigenvalue weighted by Gasteiger charge is -2.20. The Bertz CT molecular complexity index is 875. The molecule has 0 aromatic heterocycles. The molecule has 1 unspecified atom stereocenters. The second kappa shape index (κ2) is 10.1. The van der Waals surface area contributed by atoms with E-state index in [-0.39, 0.29) is 5.91 Å². The minimum absolute atomic E-state index is 0.0293. The molecule has 2 aromatic rings. The van der Waals surface area contributed by atoms with Crippen LogP contribution in [0.4, 0.5) is 5.69 Å². The van der Waals surface area contributed by atoms with Gasteiger partial charge in [0.15, 0.2) is 5.96 Å². The van der Waals surface area contributed by atoms with Crippen LogP contribution in [-0.4, -0.2) is 63.6 Å². The van der Waals surface area contributed by atoms with Crippen molar-refractivity contribution in [2.75, 3.05) is 45.7 Å². The van der Waals surface area contributed by atoms with Crippen LogP contribution in [0.3, 0.4) is 0 Å². The Morgan fingerprint density at radius 1 is 1.20 bits per heavy atom. The standard InChI is InChI=1S/C24H33N5O/c1-18-8-10-22(11-9-18)29-15-13-21(17-29)27-24(25-2)26-14-12-19-6-5-7-20(16-19)23(30)28(3)4/h5-11,16,21H,12-15,17H2,1-4H3,(H2,25,26,27). The number of benzene rings is 2. The van der Waals surface area contributed by atoms with Crippen LogP contribution in [0.15, 0.2) is 53.5 Å². The molecular formula is C24H33N5O. The van der Waals surface area contributed by atoms with Crippen molar-refractivity contribution in [1.29, 1.82) is 0 Å². The van der Waals surface area contributed by atoms with E-state index in [1.165, 1.54) is 11.3 Å². The van der Waals surface area contributed by atoms with Crippen LogP contribution in [0.5, 0.6) is 0 Å². The normalized spacial score (nSPS) is 16.5. The van der Waals surface area contributed by atoms with E-state index in [4.69, 9.17) is 0 Å². The third-order valence-electron chi connectivity index (χ3n) is 5.44. The van der Waals surface area contributed by atoms with E-state index >= 15 is 0 Å². The van der Waals surface area contributed by atoms with Gasteiger partial charge >= 0.3 is 0 Å². The molecular weight excluding hydrogens is 374 g/mol. The number of anilines is 1. The molecule has 0 radical (unpaired) electrons. The first kappa shape index (κ1) is 21.7. The number of carbonyl (C=O) groups is 1. The fourth-order valence-corrected chi connectivity index (χ4v) is 3.70. The second-order valence-corrected chi connectivity index (χ2v) is 8.06. The van der Waals surface area contributed by atoms with Crippen molar-refractivity contribution in [2.24, 2.45) is 4.99 Å². The van der Waals surface area contributed by atoms with Gasteiger partial charge in [-0.05, 0) is 49.6 Å². The summed E-state index contributed by atoms with van der Waals surface area (Å²) in [6.07, 6.45) is 1.92. The highest BCUT2D eigenvalue weighted by molar-refractivity contribution is 5.94. The van der Waals surface area contributed by atoms with Gasteiger partial charge < -0.3 is 20.4 Å². The van der Waals surface area contributed by atoms with Crippen LogP contribution in [0.1, 0.15) is 27.9 Å². The van der Waals surface area contributed by atoms with Crippen molar-refractivity contribution in [3.63, 3.8) is 0 Å². The Hall–Kier alpha value is -3.02. The Labute approximate surface area is 180 Å². The number of nitrogens with zero attached hydrogens (tertiary/aromatic N) is 3. The minimum Gasteiger partial charge on any atom is -0.369 e. The Kier molecular flexibility index (Phi) is 7.33. The van der Waals surface area contributed by atoms with Gasteiger partial charge in [0.2, 0.25) is 0 Å². The van der Waals surface area contributed by atoms with E-state index in [9.17, 15) is 4.79 Å². The Morgan fingerprint density at radius 3 is 2.67 bits per heavy atom. The lowest BCUT2D eigenvalue weighted by Crippen LogP contribution is -2.45. The highest BCUT2D eigenvalue weighted by Gasteiger charge is 2.23. The SMILES string of the molecule is CN=C(NCCc1cccc(C(=O)N(C)C)c1)NC1CCN(c2ccc(C)cc2)C1. The third-order valence-corrected chi connectivity index (χ3v) is 5.44. The molecule has 1 fully saturated rings. The fourth-order valence-electron chi connectivity index (χ4n) is 3.70. The van der Waals surface area contributed by atoms with Crippen molar-refractivity contribution in [1.82, 2.24) is 15.5 Å². The van der Waals surface area contributed by atoms with Gasteiger partial charge in [-0.15, -0.1) is 0 Å². The van der Waals surface area contributed by atoms with Crippen LogP contribution in [-0.2, 0) is 6.42 Å². The largest absolute Gasteiger partial charge is 0.369 e. The second-order valence-electron chi connectivity index (χ2n) is 8.06.